The van der Waals surface area contributed by atoms with Crippen LogP contribution >= 0.6 is 0 Å². The normalized spacial score (nSPS) is 16.3. The summed E-state index contributed by atoms with van der Waals surface area (Å²) in [6, 6.07) is 4.35. The fourth-order valence-electron chi connectivity index (χ4n) is 2.13. The molecule has 98 valence electrons. The number of hydrogen-bond donors (Lipinski definition) is 1. The van der Waals surface area contributed by atoms with Gasteiger partial charge in [-0.25, -0.2) is 0 Å². The first-order valence-corrected chi connectivity index (χ1v) is 6.65. The fourth-order valence-corrected chi connectivity index (χ4v) is 2.13. The summed E-state index contributed by atoms with van der Waals surface area (Å²) in [4.78, 5) is 18.4. The van der Waals surface area contributed by atoms with Crippen LogP contribution in [0.1, 0.15) is 31.7 Å². The van der Waals surface area contributed by atoms with Gasteiger partial charge in [0.15, 0.2) is 0 Å². The molecule has 1 fully saturated rings. The first kappa shape index (κ1) is 13.0. The Labute approximate surface area is 108 Å². The van der Waals surface area contributed by atoms with Crippen LogP contribution < -0.4 is 5.73 Å². The van der Waals surface area contributed by atoms with E-state index in [0.29, 0.717) is 19.1 Å². The third kappa shape index (κ3) is 3.07. The predicted octanol–water partition coefficient (Wildman–Crippen LogP) is 1.56. The average molecular weight is 247 g/mol. The number of nitrogens with zero attached hydrogens (tertiary/aromatic N) is 2. The van der Waals surface area contributed by atoms with Gasteiger partial charge >= 0.3 is 0 Å². The summed E-state index contributed by atoms with van der Waals surface area (Å²) in [5.74, 6) is 0.173. The smallest absolute Gasteiger partial charge is 0.227 e. The van der Waals surface area contributed by atoms with Crippen LogP contribution in [0, 0.1) is 5.92 Å². The van der Waals surface area contributed by atoms with Crippen LogP contribution in [0.3, 0.4) is 0 Å². The second kappa shape index (κ2) is 5.96. The van der Waals surface area contributed by atoms with Crippen molar-refractivity contribution < 1.29 is 4.79 Å². The first-order chi connectivity index (χ1) is 8.76. The van der Waals surface area contributed by atoms with Gasteiger partial charge in [-0.1, -0.05) is 6.92 Å². The van der Waals surface area contributed by atoms with Crippen LogP contribution in [0.4, 0.5) is 0 Å². The molecule has 1 aromatic rings. The van der Waals surface area contributed by atoms with Crippen molar-refractivity contribution in [3.05, 3.63) is 30.1 Å². The topological polar surface area (TPSA) is 59.2 Å². The van der Waals surface area contributed by atoms with E-state index in [1.165, 1.54) is 0 Å². The average Bonchev–Trinajstić information content (AvgIpc) is 3.23. The Morgan fingerprint density at radius 2 is 2.17 bits per heavy atom. The SMILES string of the molecule is CCC(CN)C(=O)N(Cc1ccncc1)C1CC1. The number of carbonyl (C=O) groups excluding carboxylic acids is 1. The zero-order valence-corrected chi connectivity index (χ0v) is 10.9. The minimum absolute atomic E-state index is 0.0348. The van der Waals surface area contributed by atoms with Crippen LogP contribution in [-0.2, 0) is 11.3 Å². The van der Waals surface area contributed by atoms with Gasteiger partial charge in [-0.05, 0) is 37.0 Å². The van der Waals surface area contributed by atoms with E-state index in [-0.39, 0.29) is 11.8 Å². The third-order valence-electron chi connectivity index (χ3n) is 3.50. The number of rotatable bonds is 6. The summed E-state index contributed by atoms with van der Waals surface area (Å²) in [5, 5.41) is 0. The Balaban J connectivity index is 2.06. The molecule has 0 radical (unpaired) electrons. The summed E-state index contributed by atoms with van der Waals surface area (Å²) in [5.41, 5.74) is 6.81. The van der Waals surface area contributed by atoms with Gasteiger partial charge in [0.2, 0.25) is 5.91 Å². The van der Waals surface area contributed by atoms with Crippen molar-refractivity contribution in [1.29, 1.82) is 0 Å². The van der Waals surface area contributed by atoms with Crippen LogP contribution in [0.25, 0.3) is 0 Å². The van der Waals surface area contributed by atoms with Gasteiger partial charge in [-0.15, -0.1) is 0 Å². The molecule has 1 aliphatic rings. The molecule has 1 unspecified atom stereocenters. The Hall–Kier alpha value is -1.42. The Bertz CT molecular complexity index is 385. The highest BCUT2D eigenvalue weighted by Crippen LogP contribution is 2.30. The first-order valence-electron chi connectivity index (χ1n) is 6.65. The standard InChI is InChI=1S/C14H21N3O/c1-2-12(9-15)14(18)17(13-3-4-13)10-11-5-7-16-8-6-11/h5-8,12-13H,2-4,9-10,15H2,1H3. The zero-order valence-electron chi connectivity index (χ0n) is 10.9. The van der Waals surface area contributed by atoms with Gasteiger partial charge < -0.3 is 10.6 Å². The second-order valence-corrected chi connectivity index (χ2v) is 4.89. The number of amides is 1. The highest BCUT2D eigenvalue weighted by atomic mass is 16.2. The van der Waals surface area contributed by atoms with E-state index in [9.17, 15) is 4.79 Å². The summed E-state index contributed by atoms with van der Waals surface area (Å²) >= 11 is 0. The van der Waals surface area contributed by atoms with E-state index in [2.05, 4.69) is 4.98 Å². The lowest BCUT2D eigenvalue weighted by atomic mass is 10.0. The molecule has 18 heavy (non-hydrogen) atoms. The monoisotopic (exact) mass is 247 g/mol. The van der Waals surface area contributed by atoms with E-state index in [0.717, 1.165) is 24.8 Å². The molecule has 1 aliphatic carbocycles. The largest absolute Gasteiger partial charge is 0.335 e. The van der Waals surface area contributed by atoms with E-state index in [1.54, 1.807) is 12.4 Å². The molecule has 2 rings (SSSR count). The van der Waals surface area contributed by atoms with Crippen molar-refractivity contribution in [3.8, 4) is 0 Å². The Morgan fingerprint density at radius 3 is 2.67 bits per heavy atom. The molecular weight excluding hydrogens is 226 g/mol. The van der Waals surface area contributed by atoms with E-state index in [4.69, 9.17) is 5.73 Å². The van der Waals surface area contributed by atoms with Crippen molar-refractivity contribution in [2.75, 3.05) is 6.54 Å². The Kier molecular flexibility index (Phi) is 4.31. The molecule has 1 saturated carbocycles. The fraction of sp³-hybridized carbons (Fsp3) is 0.571. The molecule has 0 aromatic carbocycles. The molecule has 2 N–H and O–H groups in total. The number of pyridine rings is 1. The second-order valence-electron chi connectivity index (χ2n) is 4.89. The molecule has 1 atom stereocenters. The van der Waals surface area contributed by atoms with Crippen LogP contribution in [-0.4, -0.2) is 28.4 Å². The molecular formula is C14H21N3O. The van der Waals surface area contributed by atoms with Crippen molar-refractivity contribution >= 4 is 5.91 Å². The predicted molar refractivity (Wildman–Crippen MR) is 70.6 cm³/mol. The zero-order chi connectivity index (χ0) is 13.0. The van der Waals surface area contributed by atoms with Crippen LogP contribution in [0.2, 0.25) is 0 Å². The number of nitrogens with two attached hydrogens (primary N) is 1. The van der Waals surface area contributed by atoms with Crippen molar-refractivity contribution in [3.63, 3.8) is 0 Å². The molecule has 0 aliphatic heterocycles. The minimum atomic E-state index is -0.0348. The van der Waals surface area contributed by atoms with E-state index < -0.39 is 0 Å². The third-order valence-corrected chi connectivity index (χ3v) is 3.50. The molecule has 0 saturated heterocycles. The Morgan fingerprint density at radius 1 is 1.50 bits per heavy atom. The maximum Gasteiger partial charge on any atom is 0.227 e. The maximum absolute atomic E-state index is 12.4. The van der Waals surface area contributed by atoms with Gasteiger partial charge in [0.25, 0.3) is 0 Å². The maximum atomic E-state index is 12.4. The van der Waals surface area contributed by atoms with Gasteiger partial charge in [-0.2, -0.15) is 0 Å². The number of aromatic nitrogens is 1. The lowest BCUT2D eigenvalue weighted by Gasteiger charge is -2.26. The molecule has 0 spiro atoms. The van der Waals surface area contributed by atoms with Crippen LogP contribution in [0.5, 0.6) is 0 Å². The van der Waals surface area contributed by atoms with Crippen molar-refractivity contribution in [2.45, 2.75) is 38.8 Å². The lowest BCUT2D eigenvalue weighted by molar-refractivity contribution is -0.136. The molecule has 0 bridgehead atoms. The summed E-state index contributed by atoms with van der Waals surface area (Å²) in [7, 11) is 0. The van der Waals surface area contributed by atoms with Crippen molar-refractivity contribution in [2.24, 2.45) is 11.7 Å². The molecule has 1 heterocycles. The number of carbonyl (C=O) groups is 1. The van der Waals surface area contributed by atoms with Crippen LogP contribution in [0.15, 0.2) is 24.5 Å². The number of hydrogen-bond acceptors (Lipinski definition) is 3. The molecule has 1 aromatic heterocycles. The molecule has 1 amide bonds. The quantitative estimate of drug-likeness (QED) is 0.830. The highest BCUT2D eigenvalue weighted by molar-refractivity contribution is 5.79. The summed E-state index contributed by atoms with van der Waals surface area (Å²) in [6.45, 7) is 3.14. The highest BCUT2D eigenvalue weighted by Gasteiger charge is 2.34. The lowest BCUT2D eigenvalue weighted by Crippen LogP contribution is -2.39. The minimum Gasteiger partial charge on any atom is -0.335 e. The molecule has 4 nitrogen and oxygen atoms in total. The van der Waals surface area contributed by atoms with Gasteiger partial charge in [0, 0.05) is 31.5 Å². The van der Waals surface area contributed by atoms with Gasteiger partial charge in [-0.3, -0.25) is 9.78 Å². The summed E-state index contributed by atoms with van der Waals surface area (Å²) < 4.78 is 0. The van der Waals surface area contributed by atoms with Crippen molar-refractivity contribution in [1.82, 2.24) is 9.88 Å². The van der Waals surface area contributed by atoms with E-state index in [1.807, 2.05) is 24.0 Å². The molecule has 4 heteroatoms. The van der Waals surface area contributed by atoms with Gasteiger partial charge in [0.1, 0.15) is 0 Å². The summed E-state index contributed by atoms with van der Waals surface area (Å²) in [6.07, 6.45) is 6.60. The van der Waals surface area contributed by atoms with E-state index >= 15 is 0 Å². The van der Waals surface area contributed by atoms with Gasteiger partial charge in [0.05, 0.1) is 5.92 Å².